The second-order valence-electron chi connectivity index (χ2n) is 4.04. The minimum Gasteiger partial charge on any atom is -0.497 e. The van der Waals surface area contributed by atoms with Crippen LogP contribution in [-0.4, -0.2) is 17.1 Å². The Morgan fingerprint density at radius 2 is 2.17 bits per heavy atom. The van der Waals surface area contributed by atoms with Crippen LogP contribution in [0.3, 0.4) is 0 Å². The number of aromatic amines is 1. The van der Waals surface area contributed by atoms with Crippen molar-refractivity contribution in [3.05, 3.63) is 46.4 Å². The van der Waals surface area contributed by atoms with E-state index >= 15 is 0 Å². The van der Waals surface area contributed by atoms with E-state index in [-0.39, 0.29) is 11.6 Å². The lowest BCUT2D eigenvalue weighted by molar-refractivity contribution is 0.415. The number of nitrogens with zero attached hydrogens (tertiary/aromatic N) is 1. The molecule has 1 heterocycles. The summed E-state index contributed by atoms with van der Waals surface area (Å²) in [5, 5.41) is 0. The summed E-state index contributed by atoms with van der Waals surface area (Å²) >= 11 is 0. The summed E-state index contributed by atoms with van der Waals surface area (Å²) in [5.41, 5.74) is 6.89. The zero-order valence-corrected chi connectivity index (χ0v) is 10.3. The van der Waals surface area contributed by atoms with Crippen molar-refractivity contribution < 1.29 is 4.74 Å². The molecule has 2 aromatic rings. The van der Waals surface area contributed by atoms with Gasteiger partial charge in [0.2, 0.25) is 0 Å². The maximum absolute atomic E-state index is 11.6. The van der Waals surface area contributed by atoms with Crippen LogP contribution in [0.15, 0.2) is 35.1 Å². The minimum absolute atomic E-state index is 0.213. The van der Waals surface area contributed by atoms with Crippen molar-refractivity contribution in [1.29, 1.82) is 0 Å². The molecule has 0 radical (unpaired) electrons. The number of hydrogen-bond donors (Lipinski definition) is 2. The van der Waals surface area contributed by atoms with Gasteiger partial charge in [0.25, 0.3) is 5.56 Å². The van der Waals surface area contributed by atoms with Crippen molar-refractivity contribution in [3.8, 4) is 17.1 Å². The molecule has 0 saturated carbocycles. The Kier molecular flexibility index (Phi) is 3.43. The first-order chi connectivity index (χ1) is 8.60. The van der Waals surface area contributed by atoms with Crippen molar-refractivity contribution in [2.75, 3.05) is 7.11 Å². The van der Waals surface area contributed by atoms with E-state index in [4.69, 9.17) is 10.5 Å². The van der Waals surface area contributed by atoms with Crippen molar-refractivity contribution in [2.45, 2.75) is 13.0 Å². The summed E-state index contributed by atoms with van der Waals surface area (Å²) in [7, 11) is 1.59. The van der Waals surface area contributed by atoms with Crippen LogP contribution in [-0.2, 0) is 0 Å². The number of nitrogens with one attached hydrogen (secondary N) is 1. The first-order valence-electron chi connectivity index (χ1n) is 5.61. The number of nitrogens with two attached hydrogens (primary N) is 1. The Balaban J connectivity index is 2.52. The molecular formula is C13H15N3O2. The largest absolute Gasteiger partial charge is 0.497 e. The molecule has 1 unspecified atom stereocenters. The van der Waals surface area contributed by atoms with E-state index in [0.717, 1.165) is 5.56 Å². The van der Waals surface area contributed by atoms with Gasteiger partial charge in [-0.1, -0.05) is 12.1 Å². The molecule has 2 rings (SSSR count). The lowest BCUT2D eigenvalue weighted by atomic mass is 10.2. The van der Waals surface area contributed by atoms with Gasteiger partial charge in [0.15, 0.2) is 0 Å². The first kappa shape index (κ1) is 12.3. The number of rotatable bonds is 3. The van der Waals surface area contributed by atoms with E-state index in [1.165, 1.54) is 6.07 Å². The third-order valence-corrected chi connectivity index (χ3v) is 2.57. The highest BCUT2D eigenvalue weighted by Gasteiger charge is 2.07. The summed E-state index contributed by atoms with van der Waals surface area (Å²) in [6.07, 6.45) is 0. The Hall–Kier alpha value is -2.14. The smallest absolute Gasteiger partial charge is 0.251 e. The van der Waals surface area contributed by atoms with Crippen LogP contribution in [0, 0.1) is 0 Å². The summed E-state index contributed by atoms with van der Waals surface area (Å²) < 4.78 is 5.14. The topological polar surface area (TPSA) is 81.0 Å². The van der Waals surface area contributed by atoms with Crippen LogP contribution in [0.5, 0.6) is 5.75 Å². The van der Waals surface area contributed by atoms with Gasteiger partial charge in [0, 0.05) is 17.7 Å². The lowest BCUT2D eigenvalue weighted by Crippen LogP contribution is -2.15. The van der Waals surface area contributed by atoms with Crippen LogP contribution in [0.1, 0.15) is 18.7 Å². The molecule has 0 fully saturated rings. The molecule has 0 bridgehead atoms. The molecule has 0 amide bonds. The molecule has 0 spiro atoms. The molecule has 0 aliphatic heterocycles. The van der Waals surface area contributed by atoms with E-state index in [1.807, 2.05) is 24.3 Å². The first-order valence-corrected chi connectivity index (χ1v) is 5.61. The van der Waals surface area contributed by atoms with E-state index in [9.17, 15) is 4.79 Å². The molecule has 1 atom stereocenters. The zero-order chi connectivity index (χ0) is 13.1. The maximum atomic E-state index is 11.6. The summed E-state index contributed by atoms with van der Waals surface area (Å²) in [6, 6.07) is 8.46. The van der Waals surface area contributed by atoms with Gasteiger partial charge in [0.05, 0.1) is 12.8 Å². The van der Waals surface area contributed by atoms with Gasteiger partial charge < -0.3 is 15.5 Å². The van der Waals surface area contributed by atoms with Gasteiger partial charge in [-0.25, -0.2) is 4.98 Å². The number of ether oxygens (including phenoxy) is 1. The quantitative estimate of drug-likeness (QED) is 0.857. The normalized spacial score (nSPS) is 12.2. The number of hydrogen-bond acceptors (Lipinski definition) is 4. The van der Waals surface area contributed by atoms with E-state index in [1.54, 1.807) is 14.0 Å². The van der Waals surface area contributed by atoms with Crippen molar-refractivity contribution in [2.24, 2.45) is 5.73 Å². The third kappa shape index (κ3) is 2.57. The second-order valence-corrected chi connectivity index (χ2v) is 4.04. The monoisotopic (exact) mass is 245 g/mol. The highest BCUT2D eigenvalue weighted by atomic mass is 16.5. The molecule has 1 aromatic carbocycles. The number of H-pyrrole nitrogens is 1. The van der Waals surface area contributed by atoms with Crippen molar-refractivity contribution in [3.63, 3.8) is 0 Å². The molecule has 1 aromatic heterocycles. The van der Waals surface area contributed by atoms with E-state index in [0.29, 0.717) is 17.3 Å². The molecule has 5 heteroatoms. The highest BCUT2D eigenvalue weighted by molar-refractivity contribution is 5.57. The van der Waals surface area contributed by atoms with Crippen LogP contribution >= 0.6 is 0 Å². The average Bonchev–Trinajstić information content (AvgIpc) is 2.38. The lowest BCUT2D eigenvalue weighted by Gasteiger charge is -2.08. The standard InChI is InChI=1S/C13H15N3O2/c1-8(14)11-7-12(17)16-13(15-11)9-4-3-5-10(6-9)18-2/h3-8H,14H2,1-2H3,(H,15,16,17). The van der Waals surface area contributed by atoms with Crippen LogP contribution in [0.4, 0.5) is 0 Å². The predicted octanol–water partition coefficient (Wildman–Crippen LogP) is 1.47. The Labute approximate surface area is 105 Å². The molecule has 18 heavy (non-hydrogen) atoms. The number of aromatic nitrogens is 2. The third-order valence-electron chi connectivity index (χ3n) is 2.57. The van der Waals surface area contributed by atoms with Crippen molar-refractivity contribution in [1.82, 2.24) is 9.97 Å². The predicted molar refractivity (Wildman–Crippen MR) is 69.4 cm³/mol. The van der Waals surface area contributed by atoms with Gasteiger partial charge >= 0.3 is 0 Å². The highest BCUT2D eigenvalue weighted by Crippen LogP contribution is 2.20. The zero-order valence-electron chi connectivity index (χ0n) is 10.3. The molecule has 0 saturated heterocycles. The van der Waals surface area contributed by atoms with E-state index in [2.05, 4.69) is 9.97 Å². The summed E-state index contributed by atoms with van der Waals surface area (Å²) in [6.45, 7) is 1.79. The van der Waals surface area contributed by atoms with Gasteiger partial charge in [-0.3, -0.25) is 4.79 Å². The van der Waals surface area contributed by atoms with Gasteiger partial charge in [-0.15, -0.1) is 0 Å². The maximum Gasteiger partial charge on any atom is 0.251 e. The Morgan fingerprint density at radius 1 is 1.39 bits per heavy atom. The fraction of sp³-hybridized carbons (Fsp3) is 0.231. The molecule has 5 nitrogen and oxygen atoms in total. The van der Waals surface area contributed by atoms with Gasteiger partial charge in [-0.2, -0.15) is 0 Å². The van der Waals surface area contributed by atoms with Gasteiger partial charge in [0.1, 0.15) is 11.6 Å². The van der Waals surface area contributed by atoms with Crippen LogP contribution in [0.2, 0.25) is 0 Å². The Bertz CT molecular complexity index is 605. The summed E-state index contributed by atoms with van der Waals surface area (Å²) in [5.74, 6) is 1.20. The fourth-order valence-electron chi connectivity index (χ4n) is 1.62. The van der Waals surface area contributed by atoms with E-state index < -0.39 is 0 Å². The molecule has 94 valence electrons. The molecule has 3 N–H and O–H groups in total. The van der Waals surface area contributed by atoms with Crippen molar-refractivity contribution >= 4 is 0 Å². The molecule has 0 aliphatic rings. The molecular weight excluding hydrogens is 230 g/mol. The number of methoxy groups -OCH3 is 1. The summed E-state index contributed by atoms with van der Waals surface area (Å²) in [4.78, 5) is 18.6. The fourth-order valence-corrected chi connectivity index (χ4v) is 1.62. The minimum atomic E-state index is -0.281. The SMILES string of the molecule is COc1cccc(-c2nc(C(C)N)cc(=O)[nH]2)c1. The molecule has 0 aliphatic carbocycles. The van der Waals surface area contributed by atoms with Gasteiger partial charge in [-0.05, 0) is 19.1 Å². The number of benzene rings is 1. The Morgan fingerprint density at radius 3 is 2.83 bits per heavy atom. The van der Waals surface area contributed by atoms with Crippen LogP contribution in [0.25, 0.3) is 11.4 Å². The van der Waals surface area contributed by atoms with Crippen LogP contribution < -0.4 is 16.0 Å². The average molecular weight is 245 g/mol. The second kappa shape index (κ2) is 5.01.